The SMILES string of the molecule is O=C(Nc1ccc(C2CN=C3c4ccccc4NC(=O)N3C2)cc1)c1cccc(C(F)(F)F)c1. The van der Waals surface area contributed by atoms with Gasteiger partial charge in [0, 0.05) is 35.8 Å². The van der Waals surface area contributed by atoms with E-state index < -0.39 is 17.6 Å². The highest BCUT2D eigenvalue weighted by Crippen LogP contribution is 2.31. The second-order valence-corrected chi connectivity index (χ2v) is 8.10. The summed E-state index contributed by atoms with van der Waals surface area (Å²) in [5.74, 6) is -0.0111. The first kappa shape index (κ1) is 21.7. The number of carbonyl (C=O) groups is 2. The molecule has 2 aliphatic heterocycles. The summed E-state index contributed by atoms with van der Waals surface area (Å²) >= 11 is 0. The number of nitrogens with one attached hydrogen (secondary N) is 2. The van der Waals surface area contributed by atoms with Crippen molar-refractivity contribution in [3.63, 3.8) is 0 Å². The largest absolute Gasteiger partial charge is 0.416 e. The van der Waals surface area contributed by atoms with Crippen LogP contribution in [0.15, 0.2) is 77.8 Å². The van der Waals surface area contributed by atoms with Gasteiger partial charge in [0.1, 0.15) is 5.84 Å². The fourth-order valence-electron chi connectivity index (χ4n) is 4.12. The van der Waals surface area contributed by atoms with E-state index in [0.717, 1.165) is 28.9 Å². The van der Waals surface area contributed by atoms with Gasteiger partial charge in [0.25, 0.3) is 5.91 Å². The molecule has 1 atom stereocenters. The number of hydrogen-bond donors (Lipinski definition) is 2. The van der Waals surface area contributed by atoms with E-state index in [-0.39, 0.29) is 17.5 Å². The molecule has 0 aromatic heterocycles. The molecule has 1 unspecified atom stereocenters. The van der Waals surface area contributed by atoms with Crippen molar-refractivity contribution in [3.8, 4) is 0 Å². The number of carbonyl (C=O) groups excluding carboxylic acids is 2. The summed E-state index contributed by atoms with van der Waals surface area (Å²) in [7, 11) is 0. The lowest BCUT2D eigenvalue weighted by atomic mass is 9.95. The zero-order valence-corrected chi connectivity index (χ0v) is 17.8. The average molecular weight is 464 g/mol. The quantitative estimate of drug-likeness (QED) is 0.549. The van der Waals surface area contributed by atoms with Gasteiger partial charge in [-0.2, -0.15) is 13.2 Å². The Kier molecular flexibility index (Phi) is 5.31. The van der Waals surface area contributed by atoms with Gasteiger partial charge in [0.2, 0.25) is 0 Å². The molecule has 3 aromatic carbocycles. The number of fused-ring (bicyclic) bond motifs is 3. The van der Waals surface area contributed by atoms with Crippen LogP contribution >= 0.6 is 0 Å². The van der Waals surface area contributed by atoms with Crippen molar-refractivity contribution < 1.29 is 22.8 Å². The Morgan fingerprint density at radius 3 is 2.56 bits per heavy atom. The van der Waals surface area contributed by atoms with Gasteiger partial charge >= 0.3 is 12.2 Å². The number of para-hydroxylation sites is 1. The molecule has 0 radical (unpaired) electrons. The Balaban J connectivity index is 1.30. The van der Waals surface area contributed by atoms with Crippen molar-refractivity contribution in [3.05, 3.63) is 95.1 Å². The molecule has 5 rings (SSSR count). The Labute approximate surface area is 193 Å². The number of aliphatic imine (C=N–C) groups is 1. The van der Waals surface area contributed by atoms with Crippen LogP contribution in [0.4, 0.5) is 29.3 Å². The molecule has 34 heavy (non-hydrogen) atoms. The number of rotatable bonds is 3. The predicted octanol–water partition coefficient (Wildman–Crippen LogP) is 5.35. The first-order valence-corrected chi connectivity index (χ1v) is 10.6. The maximum atomic E-state index is 12.9. The fraction of sp³-hybridized carbons (Fsp3) is 0.160. The molecule has 3 amide bonds. The third-order valence-electron chi connectivity index (χ3n) is 5.87. The van der Waals surface area contributed by atoms with E-state index in [9.17, 15) is 22.8 Å². The number of amidine groups is 1. The van der Waals surface area contributed by atoms with E-state index in [1.807, 2.05) is 36.4 Å². The van der Waals surface area contributed by atoms with Crippen molar-refractivity contribution in [2.45, 2.75) is 12.1 Å². The smallest absolute Gasteiger partial charge is 0.322 e. The van der Waals surface area contributed by atoms with Crippen LogP contribution in [0.25, 0.3) is 0 Å². The third kappa shape index (κ3) is 4.12. The van der Waals surface area contributed by atoms with Gasteiger partial charge in [-0.3, -0.25) is 14.7 Å². The summed E-state index contributed by atoms with van der Waals surface area (Å²) in [5, 5.41) is 5.50. The highest BCUT2D eigenvalue weighted by atomic mass is 19.4. The van der Waals surface area contributed by atoms with E-state index in [2.05, 4.69) is 15.6 Å². The lowest BCUT2D eigenvalue weighted by molar-refractivity contribution is -0.137. The number of amides is 3. The zero-order valence-electron chi connectivity index (χ0n) is 17.8. The summed E-state index contributed by atoms with van der Waals surface area (Å²) in [6, 6.07) is 18.6. The minimum atomic E-state index is -4.52. The maximum Gasteiger partial charge on any atom is 0.416 e. The van der Waals surface area contributed by atoms with Crippen molar-refractivity contribution in [2.75, 3.05) is 23.7 Å². The van der Waals surface area contributed by atoms with Gasteiger partial charge in [-0.15, -0.1) is 0 Å². The molecule has 2 heterocycles. The lowest BCUT2D eigenvalue weighted by Gasteiger charge is -2.36. The summed E-state index contributed by atoms with van der Waals surface area (Å²) in [4.78, 5) is 31.3. The van der Waals surface area contributed by atoms with Crippen LogP contribution in [0.3, 0.4) is 0 Å². The second-order valence-electron chi connectivity index (χ2n) is 8.10. The first-order chi connectivity index (χ1) is 16.3. The highest BCUT2D eigenvalue weighted by Gasteiger charge is 2.34. The second kappa shape index (κ2) is 8.33. The summed E-state index contributed by atoms with van der Waals surface area (Å²) in [5.41, 5.74) is 2.05. The summed E-state index contributed by atoms with van der Waals surface area (Å²) in [6.07, 6.45) is -4.52. The van der Waals surface area contributed by atoms with Gasteiger partial charge in [-0.25, -0.2) is 4.79 Å². The predicted molar refractivity (Wildman–Crippen MR) is 122 cm³/mol. The Morgan fingerprint density at radius 1 is 1.03 bits per heavy atom. The maximum absolute atomic E-state index is 12.9. The monoisotopic (exact) mass is 464 g/mol. The first-order valence-electron chi connectivity index (χ1n) is 10.6. The molecular weight excluding hydrogens is 445 g/mol. The molecule has 0 aliphatic carbocycles. The van der Waals surface area contributed by atoms with Crippen LogP contribution in [0.5, 0.6) is 0 Å². The van der Waals surface area contributed by atoms with Crippen LogP contribution in [-0.4, -0.2) is 35.8 Å². The summed E-state index contributed by atoms with van der Waals surface area (Å²) < 4.78 is 38.7. The van der Waals surface area contributed by atoms with Gasteiger partial charge < -0.3 is 10.6 Å². The number of anilines is 2. The number of nitrogens with zero attached hydrogens (tertiary/aromatic N) is 2. The van der Waals surface area contributed by atoms with Crippen LogP contribution < -0.4 is 10.6 Å². The Bertz CT molecular complexity index is 1300. The molecule has 0 fully saturated rings. The zero-order chi connectivity index (χ0) is 23.9. The molecule has 0 spiro atoms. The molecule has 0 saturated heterocycles. The van der Waals surface area contributed by atoms with E-state index in [0.29, 0.717) is 24.6 Å². The van der Waals surface area contributed by atoms with Gasteiger partial charge in [0.15, 0.2) is 0 Å². The van der Waals surface area contributed by atoms with Crippen LogP contribution in [-0.2, 0) is 6.18 Å². The van der Waals surface area contributed by atoms with E-state index in [4.69, 9.17) is 0 Å². The number of hydrogen-bond acceptors (Lipinski definition) is 3. The molecule has 9 heteroatoms. The number of halogens is 3. The van der Waals surface area contributed by atoms with Crippen LogP contribution in [0, 0.1) is 0 Å². The number of benzene rings is 3. The van der Waals surface area contributed by atoms with E-state index >= 15 is 0 Å². The molecule has 2 N–H and O–H groups in total. The topological polar surface area (TPSA) is 73.8 Å². The van der Waals surface area contributed by atoms with Crippen molar-refractivity contribution in [2.24, 2.45) is 4.99 Å². The molecule has 0 saturated carbocycles. The standard InChI is InChI=1S/C25H19F3N4O2/c26-25(27,28)18-5-3-4-16(12-18)23(33)30-19-10-8-15(9-11-19)17-13-29-22-20-6-1-2-7-21(20)31-24(34)32(22)14-17/h1-12,17H,13-14H2,(H,30,33)(H,31,34). The van der Waals surface area contributed by atoms with Crippen molar-refractivity contribution >= 4 is 29.1 Å². The third-order valence-corrected chi connectivity index (χ3v) is 5.87. The molecule has 2 aliphatic rings. The summed E-state index contributed by atoms with van der Waals surface area (Å²) in [6.45, 7) is 0.957. The minimum absolute atomic E-state index is 0.0343. The molecule has 3 aromatic rings. The van der Waals surface area contributed by atoms with E-state index in [1.165, 1.54) is 12.1 Å². The van der Waals surface area contributed by atoms with E-state index in [1.54, 1.807) is 17.0 Å². The molecule has 172 valence electrons. The van der Waals surface area contributed by atoms with Gasteiger partial charge in [0.05, 0.1) is 11.3 Å². The normalized spacial score (nSPS) is 17.3. The highest BCUT2D eigenvalue weighted by molar-refractivity contribution is 6.18. The van der Waals surface area contributed by atoms with Gasteiger partial charge in [-0.1, -0.05) is 30.3 Å². The Morgan fingerprint density at radius 2 is 1.79 bits per heavy atom. The number of urea groups is 1. The molecule has 0 bridgehead atoms. The van der Waals surface area contributed by atoms with Crippen molar-refractivity contribution in [1.29, 1.82) is 0 Å². The molecular formula is C25H19F3N4O2. The minimum Gasteiger partial charge on any atom is -0.322 e. The average Bonchev–Trinajstić information content (AvgIpc) is 2.84. The van der Waals surface area contributed by atoms with Crippen molar-refractivity contribution in [1.82, 2.24) is 4.90 Å². The Hall–Kier alpha value is -4.14. The van der Waals surface area contributed by atoms with Crippen LogP contribution in [0.2, 0.25) is 0 Å². The number of alkyl halides is 3. The fourth-order valence-corrected chi connectivity index (χ4v) is 4.12. The van der Waals surface area contributed by atoms with Gasteiger partial charge in [-0.05, 0) is 48.0 Å². The van der Waals surface area contributed by atoms with Crippen LogP contribution in [0.1, 0.15) is 33.0 Å². The molecule has 6 nitrogen and oxygen atoms in total. The lowest BCUT2D eigenvalue weighted by Crippen LogP contribution is -2.49.